The topological polar surface area (TPSA) is 58.8 Å². The molecule has 1 aliphatic carbocycles. The number of aryl methyl sites for hydroxylation is 2. The van der Waals surface area contributed by atoms with Gasteiger partial charge in [-0.05, 0) is 63.6 Å². The van der Waals surface area contributed by atoms with E-state index in [2.05, 4.69) is 22.0 Å². The molecule has 2 aromatic rings. The van der Waals surface area contributed by atoms with Crippen molar-refractivity contribution in [1.29, 1.82) is 0 Å². The van der Waals surface area contributed by atoms with E-state index in [0.717, 1.165) is 54.5 Å². The molecule has 0 radical (unpaired) electrons. The van der Waals surface area contributed by atoms with Gasteiger partial charge >= 0.3 is 0 Å². The van der Waals surface area contributed by atoms with Crippen molar-refractivity contribution in [3.05, 3.63) is 52.2 Å². The van der Waals surface area contributed by atoms with Crippen LogP contribution in [0.3, 0.4) is 0 Å². The highest BCUT2D eigenvalue weighted by Crippen LogP contribution is 2.37. The number of likely N-dealkylation sites (N-methyl/N-ethyl adjacent to an activating group) is 1. The largest absolute Gasteiger partial charge is 0.445 e. The molecule has 4 rings (SSSR count). The third-order valence-corrected chi connectivity index (χ3v) is 7.25. The second-order valence-electron chi connectivity index (χ2n) is 9.43. The minimum absolute atomic E-state index is 0. The fourth-order valence-electron chi connectivity index (χ4n) is 5.00. The molecule has 8 heteroatoms. The molecule has 6 nitrogen and oxygen atoms in total. The standard InChI is InChI=1S/C25H34ClN3O3.ClH/c1-16-17(2)32-24(27-16)19-7-11-21(12-8-19)29-14-23(25(30)28(3)4)31-15-22(29)13-18-5-9-20(26)10-6-18;/h5-6,9-10,19,21-23H,7-8,11-15H2,1-4H3;1H/t19?,21?,22-,23+;/m0./s1. The predicted octanol–water partition coefficient (Wildman–Crippen LogP) is 4.79. The Morgan fingerprint density at radius 2 is 1.82 bits per heavy atom. The lowest BCUT2D eigenvalue weighted by atomic mass is 9.84. The van der Waals surface area contributed by atoms with Crippen molar-refractivity contribution in [1.82, 2.24) is 14.8 Å². The van der Waals surface area contributed by atoms with Gasteiger partial charge in [0.1, 0.15) is 11.9 Å². The van der Waals surface area contributed by atoms with Crippen LogP contribution in [0.25, 0.3) is 0 Å². The van der Waals surface area contributed by atoms with Gasteiger partial charge in [0.15, 0.2) is 5.89 Å². The maximum absolute atomic E-state index is 12.6. The molecule has 1 aliphatic heterocycles. The zero-order valence-electron chi connectivity index (χ0n) is 19.9. The number of morpholine rings is 1. The van der Waals surface area contributed by atoms with E-state index < -0.39 is 6.10 Å². The number of halogens is 2. The first kappa shape index (κ1) is 26.0. The Hall–Kier alpha value is -1.60. The molecule has 2 heterocycles. The zero-order chi connectivity index (χ0) is 22.8. The van der Waals surface area contributed by atoms with Gasteiger partial charge in [-0.2, -0.15) is 0 Å². The van der Waals surface area contributed by atoms with Gasteiger partial charge in [-0.25, -0.2) is 4.98 Å². The first-order valence-electron chi connectivity index (χ1n) is 11.6. The van der Waals surface area contributed by atoms with E-state index in [1.807, 2.05) is 26.0 Å². The van der Waals surface area contributed by atoms with E-state index in [1.54, 1.807) is 19.0 Å². The summed E-state index contributed by atoms with van der Waals surface area (Å²) in [4.78, 5) is 21.4. The van der Waals surface area contributed by atoms with Crippen molar-refractivity contribution in [3.8, 4) is 0 Å². The summed E-state index contributed by atoms with van der Waals surface area (Å²) in [6.45, 7) is 5.19. The number of hydrogen-bond acceptors (Lipinski definition) is 5. The van der Waals surface area contributed by atoms with Gasteiger partial charge in [0.05, 0.1) is 12.3 Å². The molecule has 1 aromatic heterocycles. The lowest BCUT2D eigenvalue weighted by molar-refractivity contribution is -0.153. The van der Waals surface area contributed by atoms with E-state index in [-0.39, 0.29) is 24.4 Å². The number of benzene rings is 1. The summed E-state index contributed by atoms with van der Waals surface area (Å²) in [7, 11) is 3.59. The molecular formula is C25H35Cl2N3O3. The number of oxazole rings is 1. The van der Waals surface area contributed by atoms with Crippen LogP contribution in [-0.4, -0.2) is 66.1 Å². The number of amides is 1. The molecular weight excluding hydrogens is 461 g/mol. The summed E-state index contributed by atoms with van der Waals surface area (Å²) in [5.74, 6) is 2.23. The van der Waals surface area contributed by atoms with Crippen LogP contribution in [0.4, 0.5) is 0 Å². The van der Waals surface area contributed by atoms with Crippen LogP contribution in [-0.2, 0) is 16.0 Å². The molecule has 1 saturated carbocycles. The summed E-state index contributed by atoms with van der Waals surface area (Å²) in [6, 6.07) is 8.73. The molecule has 0 N–H and O–H groups in total. The molecule has 1 aromatic carbocycles. The Balaban J connectivity index is 0.00000306. The normalized spacial score (nSPS) is 26.0. The summed E-state index contributed by atoms with van der Waals surface area (Å²) in [5.41, 5.74) is 2.23. The van der Waals surface area contributed by atoms with Crippen molar-refractivity contribution in [3.63, 3.8) is 0 Å². The Morgan fingerprint density at radius 1 is 1.15 bits per heavy atom. The van der Waals surface area contributed by atoms with Crippen LogP contribution in [0.1, 0.15) is 54.5 Å². The van der Waals surface area contributed by atoms with E-state index >= 15 is 0 Å². The molecule has 0 spiro atoms. The molecule has 2 atom stereocenters. The third kappa shape index (κ3) is 6.10. The number of carbonyl (C=O) groups excluding carboxylic acids is 1. The van der Waals surface area contributed by atoms with E-state index in [9.17, 15) is 4.79 Å². The van der Waals surface area contributed by atoms with Crippen molar-refractivity contribution >= 4 is 29.9 Å². The molecule has 0 bridgehead atoms. The molecule has 33 heavy (non-hydrogen) atoms. The smallest absolute Gasteiger partial charge is 0.252 e. The van der Waals surface area contributed by atoms with Gasteiger partial charge in [0.2, 0.25) is 0 Å². The molecule has 2 aliphatic rings. The SMILES string of the molecule is Cc1nc(C2CCC(N3C[C@H](C(=O)N(C)C)OC[C@@H]3Cc3ccc(Cl)cc3)CC2)oc1C.Cl. The quantitative estimate of drug-likeness (QED) is 0.596. The van der Waals surface area contributed by atoms with Crippen LogP contribution < -0.4 is 0 Å². The monoisotopic (exact) mass is 495 g/mol. The van der Waals surface area contributed by atoms with Crippen LogP contribution in [0.2, 0.25) is 5.02 Å². The fourth-order valence-corrected chi connectivity index (χ4v) is 5.12. The maximum Gasteiger partial charge on any atom is 0.252 e. The number of rotatable bonds is 5. The molecule has 2 fully saturated rings. The summed E-state index contributed by atoms with van der Waals surface area (Å²) < 4.78 is 12.0. The van der Waals surface area contributed by atoms with Crippen molar-refractivity contribution in [2.75, 3.05) is 27.2 Å². The van der Waals surface area contributed by atoms with Crippen LogP contribution in [0.15, 0.2) is 28.7 Å². The maximum atomic E-state index is 12.6. The Morgan fingerprint density at radius 3 is 2.39 bits per heavy atom. The predicted molar refractivity (Wildman–Crippen MR) is 132 cm³/mol. The number of hydrogen-bond donors (Lipinski definition) is 0. The van der Waals surface area contributed by atoms with Gasteiger partial charge in [-0.3, -0.25) is 9.69 Å². The first-order valence-corrected chi connectivity index (χ1v) is 12.0. The van der Waals surface area contributed by atoms with Gasteiger partial charge < -0.3 is 14.1 Å². The van der Waals surface area contributed by atoms with Crippen LogP contribution in [0.5, 0.6) is 0 Å². The van der Waals surface area contributed by atoms with Gasteiger partial charge in [0, 0.05) is 43.7 Å². The van der Waals surface area contributed by atoms with Gasteiger partial charge in [-0.15, -0.1) is 12.4 Å². The number of carbonyl (C=O) groups is 1. The Labute approximate surface area is 208 Å². The second-order valence-corrected chi connectivity index (χ2v) is 9.87. The van der Waals surface area contributed by atoms with E-state index in [1.165, 1.54) is 5.56 Å². The van der Waals surface area contributed by atoms with E-state index in [4.69, 9.17) is 20.8 Å². The average molecular weight is 496 g/mol. The highest BCUT2D eigenvalue weighted by Gasteiger charge is 2.39. The highest BCUT2D eigenvalue weighted by molar-refractivity contribution is 6.30. The second kappa shape index (κ2) is 11.2. The van der Waals surface area contributed by atoms with Crippen LogP contribution >= 0.6 is 24.0 Å². The molecule has 0 unspecified atom stereocenters. The lowest BCUT2D eigenvalue weighted by Gasteiger charge is -2.46. The number of nitrogens with zero attached hydrogens (tertiary/aromatic N) is 3. The van der Waals surface area contributed by atoms with Crippen molar-refractivity contribution in [2.24, 2.45) is 0 Å². The van der Waals surface area contributed by atoms with E-state index in [0.29, 0.717) is 25.1 Å². The van der Waals surface area contributed by atoms with Gasteiger partial charge in [-0.1, -0.05) is 23.7 Å². The molecule has 1 amide bonds. The van der Waals surface area contributed by atoms with Crippen LogP contribution in [0, 0.1) is 13.8 Å². The minimum atomic E-state index is -0.402. The van der Waals surface area contributed by atoms with Gasteiger partial charge in [0.25, 0.3) is 5.91 Å². The zero-order valence-corrected chi connectivity index (χ0v) is 21.5. The summed E-state index contributed by atoms with van der Waals surface area (Å²) >= 11 is 6.07. The Kier molecular flexibility index (Phi) is 8.84. The lowest BCUT2D eigenvalue weighted by Crippen LogP contribution is -2.58. The summed E-state index contributed by atoms with van der Waals surface area (Å²) in [5, 5.41) is 0.748. The first-order chi connectivity index (χ1) is 15.3. The fraction of sp³-hybridized carbons (Fsp3) is 0.600. The highest BCUT2D eigenvalue weighted by atomic mass is 35.5. The molecule has 1 saturated heterocycles. The average Bonchev–Trinajstić information content (AvgIpc) is 3.13. The summed E-state index contributed by atoms with van der Waals surface area (Å²) in [6.07, 6.45) is 4.75. The Bertz CT molecular complexity index is 904. The minimum Gasteiger partial charge on any atom is -0.445 e. The molecule has 182 valence electrons. The number of aromatic nitrogens is 1. The third-order valence-electron chi connectivity index (χ3n) is 7.00. The number of ether oxygens (including phenoxy) is 1. The van der Waals surface area contributed by atoms with Crippen molar-refractivity contribution < 1.29 is 13.9 Å². The van der Waals surface area contributed by atoms with Crippen molar-refractivity contribution in [2.45, 2.75) is 70.1 Å².